The molecular formula is C17H25N5O2. The number of hydrogen-bond donors (Lipinski definition) is 0. The predicted octanol–water partition coefficient (Wildman–Crippen LogP) is 3.47. The fraction of sp³-hybridized carbons (Fsp3) is 0.941. The third-order valence-corrected chi connectivity index (χ3v) is 8.39. The standard InChI is InChI=1S/C17H25N5O2/c1-6-24-14(23)22-13-9-7-8(12(13)18-21-22)10-11(9)17(5)15(2,3)16(10,4)19-20-17/h8-13H,6-7H2,1-5H3. The Hall–Kier alpha value is -1.53. The van der Waals surface area contributed by atoms with Crippen molar-refractivity contribution in [2.45, 2.75) is 64.2 Å². The minimum Gasteiger partial charge on any atom is -0.448 e. The maximum atomic E-state index is 12.3. The lowest BCUT2D eigenvalue weighted by atomic mass is 9.66. The van der Waals surface area contributed by atoms with Crippen LogP contribution in [0.1, 0.15) is 41.0 Å². The Morgan fingerprint density at radius 2 is 1.75 bits per heavy atom. The molecule has 8 unspecified atom stereocenters. The van der Waals surface area contributed by atoms with Crippen LogP contribution in [0.15, 0.2) is 20.6 Å². The number of carbonyl (C=O) groups excluding carboxylic acids is 1. The van der Waals surface area contributed by atoms with Gasteiger partial charge in [-0.05, 0) is 50.9 Å². The normalized spacial score (nSPS) is 54.5. The molecule has 1 amide bonds. The zero-order valence-electron chi connectivity index (χ0n) is 14.9. The predicted molar refractivity (Wildman–Crippen MR) is 85.3 cm³/mol. The van der Waals surface area contributed by atoms with Crippen LogP contribution < -0.4 is 0 Å². The summed E-state index contributed by atoms with van der Waals surface area (Å²) in [4.78, 5) is 12.3. The zero-order valence-corrected chi connectivity index (χ0v) is 14.9. The van der Waals surface area contributed by atoms with Gasteiger partial charge in [0.15, 0.2) is 0 Å². The largest absolute Gasteiger partial charge is 0.448 e. The van der Waals surface area contributed by atoms with Crippen LogP contribution in [0.3, 0.4) is 0 Å². The second-order valence-electron chi connectivity index (χ2n) is 8.96. The zero-order chi connectivity index (χ0) is 17.1. The van der Waals surface area contributed by atoms with E-state index in [0.29, 0.717) is 30.3 Å². The Bertz CT molecular complexity index is 690. The van der Waals surface area contributed by atoms with Crippen molar-refractivity contribution in [2.75, 3.05) is 6.61 Å². The van der Waals surface area contributed by atoms with E-state index in [2.05, 4.69) is 38.0 Å². The van der Waals surface area contributed by atoms with Gasteiger partial charge in [0.1, 0.15) is 0 Å². The van der Waals surface area contributed by atoms with Crippen LogP contribution in [0.4, 0.5) is 4.79 Å². The average Bonchev–Trinajstić information content (AvgIpc) is 3.25. The van der Waals surface area contributed by atoms with E-state index in [0.717, 1.165) is 6.42 Å². The first-order chi connectivity index (χ1) is 11.3. The van der Waals surface area contributed by atoms with E-state index < -0.39 is 0 Å². The third kappa shape index (κ3) is 1.23. The molecule has 2 aliphatic heterocycles. The monoisotopic (exact) mass is 331 g/mol. The van der Waals surface area contributed by atoms with Crippen LogP contribution in [-0.4, -0.2) is 40.9 Å². The molecule has 3 fully saturated rings. The smallest absolute Gasteiger partial charge is 0.432 e. The van der Waals surface area contributed by atoms with Gasteiger partial charge >= 0.3 is 6.09 Å². The molecule has 3 saturated carbocycles. The van der Waals surface area contributed by atoms with Crippen molar-refractivity contribution in [1.82, 2.24) is 5.01 Å². The van der Waals surface area contributed by atoms with Gasteiger partial charge in [-0.2, -0.15) is 20.4 Å². The first-order valence-electron chi connectivity index (χ1n) is 9.09. The molecule has 8 atom stereocenters. The molecule has 0 radical (unpaired) electrons. The van der Waals surface area contributed by atoms with Crippen molar-refractivity contribution in [3.05, 3.63) is 0 Å². The summed E-state index contributed by atoms with van der Waals surface area (Å²) in [6, 6.07) is 0.146. The summed E-state index contributed by atoms with van der Waals surface area (Å²) < 4.78 is 5.19. The van der Waals surface area contributed by atoms with Gasteiger partial charge in [-0.3, -0.25) is 0 Å². The number of nitrogens with zero attached hydrogens (tertiary/aromatic N) is 5. The summed E-state index contributed by atoms with van der Waals surface area (Å²) in [7, 11) is 0. The molecule has 2 heterocycles. The molecule has 4 bridgehead atoms. The summed E-state index contributed by atoms with van der Waals surface area (Å²) in [5.41, 5.74) is -0.278. The number of carbonyl (C=O) groups is 1. The summed E-state index contributed by atoms with van der Waals surface area (Å²) >= 11 is 0. The minimum atomic E-state index is -0.363. The molecule has 0 aromatic carbocycles. The number of amides is 1. The molecule has 0 aromatic rings. The molecule has 5 rings (SSSR count). The van der Waals surface area contributed by atoms with Crippen molar-refractivity contribution in [1.29, 1.82) is 0 Å². The van der Waals surface area contributed by atoms with Gasteiger partial charge in [-0.25, -0.2) is 4.79 Å². The fourth-order valence-corrected chi connectivity index (χ4v) is 6.82. The Kier molecular flexibility index (Phi) is 2.46. The number of azo groups is 1. The number of hydrogen-bond acceptors (Lipinski definition) is 6. The molecule has 5 aliphatic rings. The van der Waals surface area contributed by atoms with Gasteiger partial charge < -0.3 is 4.74 Å². The quantitative estimate of drug-likeness (QED) is 0.690. The van der Waals surface area contributed by atoms with Crippen molar-refractivity contribution in [2.24, 2.45) is 49.7 Å². The molecule has 7 heteroatoms. The Labute approximate surface area is 141 Å². The van der Waals surface area contributed by atoms with Gasteiger partial charge in [0.25, 0.3) is 0 Å². The topological polar surface area (TPSA) is 79.0 Å². The van der Waals surface area contributed by atoms with Gasteiger partial charge in [0.2, 0.25) is 0 Å². The fourth-order valence-electron chi connectivity index (χ4n) is 6.82. The molecule has 130 valence electrons. The SMILES string of the molecule is CCOC(=O)N1N=NC2C3CC(C21)C1C3C2(C)N=NC1(C)C2(C)C. The van der Waals surface area contributed by atoms with Gasteiger partial charge in [0.05, 0.1) is 29.8 Å². The summed E-state index contributed by atoms with van der Waals surface area (Å²) in [6.45, 7) is 11.3. The van der Waals surface area contributed by atoms with Crippen LogP contribution in [0, 0.1) is 29.1 Å². The first kappa shape index (κ1) is 14.8. The van der Waals surface area contributed by atoms with Crippen molar-refractivity contribution >= 4 is 6.09 Å². The molecule has 0 aromatic heterocycles. The van der Waals surface area contributed by atoms with Crippen LogP contribution >= 0.6 is 0 Å². The maximum Gasteiger partial charge on any atom is 0.432 e. The van der Waals surface area contributed by atoms with Crippen LogP contribution in [-0.2, 0) is 4.74 Å². The lowest BCUT2D eigenvalue weighted by Gasteiger charge is -2.42. The molecule has 24 heavy (non-hydrogen) atoms. The summed E-state index contributed by atoms with van der Waals surface area (Å²) in [6.07, 6.45) is 0.740. The Morgan fingerprint density at radius 1 is 1.12 bits per heavy atom. The van der Waals surface area contributed by atoms with Crippen LogP contribution in [0.25, 0.3) is 0 Å². The Morgan fingerprint density at radius 3 is 2.38 bits per heavy atom. The summed E-state index contributed by atoms with van der Waals surface area (Å²) in [5, 5.41) is 19.7. The van der Waals surface area contributed by atoms with Crippen molar-refractivity contribution in [3.63, 3.8) is 0 Å². The Balaban J connectivity index is 1.56. The molecule has 7 nitrogen and oxygen atoms in total. The van der Waals surface area contributed by atoms with Crippen molar-refractivity contribution in [3.8, 4) is 0 Å². The highest BCUT2D eigenvalue weighted by atomic mass is 16.6. The minimum absolute atomic E-state index is 0.0246. The number of rotatable bonds is 1. The summed E-state index contributed by atoms with van der Waals surface area (Å²) in [5.74, 6) is 1.76. The number of ether oxygens (including phenoxy) is 1. The van der Waals surface area contributed by atoms with Gasteiger partial charge in [-0.1, -0.05) is 19.1 Å². The van der Waals surface area contributed by atoms with E-state index in [-0.39, 0.29) is 34.7 Å². The van der Waals surface area contributed by atoms with E-state index in [1.165, 1.54) is 5.01 Å². The third-order valence-electron chi connectivity index (χ3n) is 8.39. The van der Waals surface area contributed by atoms with Crippen molar-refractivity contribution < 1.29 is 9.53 Å². The molecule has 0 N–H and O–H groups in total. The maximum absolute atomic E-state index is 12.3. The molecule has 0 saturated heterocycles. The average molecular weight is 331 g/mol. The van der Waals surface area contributed by atoms with E-state index in [9.17, 15) is 4.79 Å². The lowest BCUT2D eigenvalue weighted by Crippen LogP contribution is -2.52. The highest BCUT2D eigenvalue weighted by molar-refractivity contribution is 5.68. The highest BCUT2D eigenvalue weighted by Gasteiger charge is 2.82. The van der Waals surface area contributed by atoms with E-state index in [1.807, 2.05) is 6.92 Å². The van der Waals surface area contributed by atoms with Crippen LogP contribution in [0.2, 0.25) is 0 Å². The lowest BCUT2D eigenvalue weighted by molar-refractivity contribution is 0.0480. The number of fused-ring (bicyclic) bond motifs is 12. The van der Waals surface area contributed by atoms with E-state index in [1.54, 1.807) is 0 Å². The van der Waals surface area contributed by atoms with E-state index in [4.69, 9.17) is 15.0 Å². The van der Waals surface area contributed by atoms with E-state index >= 15 is 0 Å². The highest BCUT2D eigenvalue weighted by Crippen LogP contribution is 2.76. The van der Waals surface area contributed by atoms with Gasteiger partial charge in [0, 0.05) is 5.41 Å². The first-order valence-corrected chi connectivity index (χ1v) is 9.09. The second-order valence-corrected chi connectivity index (χ2v) is 8.96. The van der Waals surface area contributed by atoms with Crippen LogP contribution in [0.5, 0.6) is 0 Å². The molecular weight excluding hydrogens is 306 g/mol. The molecule has 3 aliphatic carbocycles. The van der Waals surface area contributed by atoms with Gasteiger partial charge in [-0.15, -0.1) is 0 Å². The molecule has 0 spiro atoms. The second kappa shape index (κ2) is 3.99.